The molecule has 1 aromatic carbocycles. The second kappa shape index (κ2) is 8.52. The highest BCUT2D eigenvalue weighted by Gasteiger charge is 2.54. The maximum Gasteiger partial charge on any atom is 0.402 e. The van der Waals surface area contributed by atoms with Gasteiger partial charge in [0.15, 0.2) is 0 Å². The molecular formula is C15H21BrF2NO4P. The molecule has 2 N–H and O–H groups in total. The molecule has 24 heavy (non-hydrogen) atoms. The van der Waals surface area contributed by atoms with Crippen LogP contribution < -0.4 is 5.32 Å². The Morgan fingerprint density at radius 1 is 1.50 bits per heavy atom. The Bertz CT molecular complexity index is 642. The predicted octanol–water partition coefficient (Wildman–Crippen LogP) is 4.18. The number of hydrogen-bond donors (Lipinski definition) is 2. The van der Waals surface area contributed by atoms with Crippen LogP contribution in [0.5, 0.6) is 0 Å². The fourth-order valence-corrected chi connectivity index (χ4v) is 3.97. The smallest absolute Gasteiger partial charge is 0.356 e. The van der Waals surface area contributed by atoms with Crippen molar-refractivity contribution in [3.63, 3.8) is 0 Å². The zero-order valence-electron chi connectivity index (χ0n) is 13.7. The summed E-state index contributed by atoms with van der Waals surface area (Å²) in [5.74, 6) is -0.180. The van der Waals surface area contributed by atoms with Gasteiger partial charge in [-0.1, -0.05) is 35.0 Å². The second-order valence-corrected chi connectivity index (χ2v) is 8.10. The number of halogens is 3. The Balaban J connectivity index is 2.99. The predicted molar refractivity (Wildman–Crippen MR) is 91.1 cm³/mol. The largest absolute Gasteiger partial charge is 0.402 e. The average Bonchev–Trinajstić information content (AvgIpc) is 2.45. The molecule has 0 fully saturated rings. The molecule has 1 rings (SSSR count). The van der Waals surface area contributed by atoms with Gasteiger partial charge >= 0.3 is 13.3 Å². The molecule has 1 amide bonds. The molecule has 0 aliphatic carbocycles. The highest BCUT2D eigenvalue weighted by molar-refractivity contribution is 9.10. The summed E-state index contributed by atoms with van der Waals surface area (Å²) in [4.78, 5) is 20.5. The molecule has 0 aliphatic rings. The minimum atomic E-state index is -5.19. The SMILES string of the molecule is CCC(C)OP(=O)(O)C(F)(F)c1ccc(CCNC(C)=O)cc1Br. The van der Waals surface area contributed by atoms with Crippen molar-refractivity contribution in [2.24, 2.45) is 0 Å². The van der Waals surface area contributed by atoms with E-state index in [9.17, 15) is 23.0 Å². The highest BCUT2D eigenvalue weighted by atomic mass is 79.9. The zero-order chi connectivity index (χ0) is 18.5. The van der Waals surface area contributed by atoms with E-state index >= 15 is 0 Å². The zero-order valence-corrected chi connectivity index (χ0v) is 16.2. The van der Waals surface area contributed by atoms with Gasteiger partial charge in [-0.05, 0) is 31.4 Å². The molecule has 0 radical (unpaired) electrons. The minimum Gasteiger partial charge on any atom is -0.356 e. The van der Waals surface area contributed by atoms with Crippen LogP contribution in [0.15, 0.2) is 22.7 Å². The standard InChI is InChI=1S/C15H21BrF2NO4P/c1-4-10(2)23-24(21,22)15(17,18)13-6-5-12(9-14(13)16)7-8-19-11(3)20/h5-6,9-10H,4,7-8H2,1-3H3,(H,19,20)(H,21,22). The lowest BCUT2D eigenvalue weighted by Gasteiger charge is -2.25. The first-order chi connectivity index (χ1) is 11.0. The summed E-state index contributed by atoms with van der Waals surface area (Å²) in [6, 6.07) is 3.96. The summed E-state index contributed by atoms with van der Waals surface area (Å²) in [6.45, 7) is 4.88. The van der Waals surface area contributed by atoms with Crippen molar-refractivity contribution >= 4 is 29.4 Å². The minimum absolute atomic E-state index is 0.00912. The lowest BCUT2D eigenvalue weighted by molar-refractivity contribution is -0.118. The van der Waals surface area contributed by atoms with Crippen molar-refractivity contribution in [2.45, 2.75) is 45.4 Å². The van der Waals surface area contributed by atoms with E-state index < -0.39 is 24.9 Å². The highest BCUT2D eigenvalue weighted by Crippen LogP contribution is 2.64. The van der Waals surface area contributed by atoms with Gasteiger partial charge < -0.3 is 14.7 Å². The van der Waals surface area contributed by atoms with Crippen LogP contribution in [0.2, 0.25) is 0 Å². The lowest BCUT2D eigenvalue weighted by Crippen LogP contribution is -2.22. The summed E-state index contributed by atoms with van der Waals surface area (Å²) in [5, 5.41) is 2.60. The Kier molecular flexibility index (Phi) is 7.53. The van der Waals surface area contributed by atoms with Crippen LogP contribution in [0.25, 0.3) is 0 Å². The second-order valence-electron chi connectivity index (χ2n) is 5.43. The summed E-state index contributed by atoms with van der Waals surface area (Å²) in [7, 11) is -5.19. The monoisotopic (exact) mass is 427 g/mol. The van der Waals surface area contributed by atoms with E-state index in [-0.39, 0.29) is 10.4 Å². The van der Waals surface area contributed by atoms with Gasteiger partial charge in [0.2, 0.25) is 5.91 Å². The van der Waals surface area contributed by atoms with Gasteiger partial charge in [-0.2, -0.15) is 8.78 Å². The van der Waals surface area contributed by atoms with Gasteiger partial charge in [-0.15, -0.1) is 0 Å². The van der Waals surface area contributed by atoms with Crippen LogP contribution in [-0.2, 0) is 26.0 Å². The summed E-state index contributed by atoms with van der Waals surface area (Å²) >= 11 is 3.02. The molecule has 0 saturated carbocycles. The molecular weight excluding hydrogens is 407 g/mol. The molecule has 0 aliphatic heterocycles. The summed E-state index contributed by atoms with van der Waals surface area (Å²) in [6.07, 6.45) is 0.0241. The average molecular weight is 428 g/mol. The van der Waals surface area contributed by atoms with E-state index in [0.717, 1.165) is 6.07 Å². The quantitative estimate of drug-likeness (QED) is 0.610. The van der Waals surface area contributed by atoms with Crippen LogP contribution in [0, 0.1) is 0 Å². The number of amides is 1. The molecule has 5 nitrogen and oxygen atoms in total. The number of carbonyl (C=O) groups is 1. The normalized spacial score (nSPS) is 15.6. The molecule has 9 heteroatoms. The number of benzene rings is 1. The van der Waals surface area contributed by atoms with Crippen LogP contribution in [0.4, 0.5) is 8.78 Å². The molecule has 1 aromatic rings. The van der Waals surface area contributed by atoms with Crippen LogP contribution >= 0.6 is 23.5 Å². The molecule has 2 atom stereocenters. The van der Waals surface area contributed by atoms with Crippen molar-refractivity contribution in [3.8, 4) is 0 Å². The number of rotatable bonds is 8. The van der Waals surface area contributed by atoms with Crippen molar-refractivity contribution in [1.29, 1.82) is 0 Å². The first-order valence-electron chi connectivity index (χ1n) is 7.43. The molecule has 0 saturated heterocycles. The lowest BCUT2D eigenvalue weighted by atomic mass is 10.1. The van der Waals surface area contributed by atoms with E-state index in [2.05, 4.69) is 25.8 Å². The van der Waals surface area contributed by atoms with E-state index in [1.54, 1.807) is 6.92 Å². The summed E-state index contributed by atoms with van der Waals surface area (Å²) < 4.78 is 45.6. The Hall–Kier alpha value is -0.820. The third-order valence-corrected chi connectivity index (χ3v) is 5.65. The van der Waals surface area contributed by atoms with Crippen molar-refractivity contribution in [2.75, 3.05) is 6.54 Å². The van der Waals surface area contributed by atoms with Crippen molar-refractivity contribution in [3.05, 3.63) is 33.8 Å². The fourth-order valence-electron chi connectivity index (χ4n) is 1.88. The molecule has 2 unspecified atom stereocenters. The van der Waals surface area contributed by atoms with Crippen LogP contribution in [-0.4, -0.2) is 23.4 Å². The van der Waals surface area contributed by atoms with E-state index in [1.807, 2.05) is 0 Å². The van der Waals surface area contributed by atoms with Gasteiger partial charge in [-0.25, -0.2) is 0 Å². The molecule has 0 heterocycles. The Labute approximate surface area is 148 Å². The fraction of sp³-hybridized carbons (Fsp3) is 0.533. The topological polar surface area (TPSA) is 75.6 Å². The maximum absolute atomic E-state index is 14.5. The first kappa shape index (κ1) is 21.2. The first-order valence-corrected chi connectivity index (χ1v) is 9.80. The van der Waals surface area contributed by atoms with Crippen molar-refractivity contribution in [1.82, 2.24) is 5.32 Å². The molecule has 0 spiro atoms. The van der Waals surface area contributed by atoms with E-state index in [0.29, 0.717) is 24.9 Å². The molecule has 136 valence electrons. The third-order valence-electron chi connectivity index (χ3n) is 3.40. The molecule has 0 aromatic heterocycles. The Morgan fingerprint density at radius 3 is 2.62 bits per heavy atom. The number of alkyl halides is 2. The van der Waals surface area contributed by atoms with Gasteiger partial charge in [-0.3, -0.25) is 9.36 Å². The number of carbonyl (C=O) groups excluding carboxylic acids is 1. The third kappa shape index (κ3) is 5.34. The Morgan fingerprint density at radius 2 is 2.12 bits per heavy atom. The van der Waals surface area contributed by atoms with Crippen LogP contribution in [0.3, 0.4) is 0 Å². The van der Waals surface area contributed by atoms with Gasteiger partial charge in [0.1, 0.15) is 0 Å². The number of nitrogens with one attached hydrogen (secondary N) is 1. The van der Waals surface area contributed by atoms with Crippen LogP contribution in [0.1, 0.15) is 38.3 Å². The van der Waals surface area contributed by atoms with Crippen molar-refractivity contribution < 1.29 is 27.6 Å². The van der Waals surface area contributed by atoms with Gasteiger partial charge in [0, 0.05) is 23.5 Å². The maximum atomic E-state index is 14.5. The van der Waals surface area contributed by atoms with E-state index in [1.165, 1.54) is 26.0 Å². The van der Waals surface area contributed by atoms with E-state index in [4.69, 9.17) is 0 Å². The number of hydrogen-bond acceptors (Lipinski definition) is 3. The summed E-state index contributed by atoms with van der Waals surface area (Å²) in [5.41, 5.74) is -3.95. The molecule has 0 bridgehead atoms. The van der Waals surface area contributed by atoms with Gasteiger partial charge in [0.05, 0.1) is 6.10 Å². The van der Waals surface area contributed by atoms with Gasteiger partial charge in [0.25, 0.3) is 0 Å².